The molecule has 0 aliphatic carbocycles. The summed E-state index contributed by atoms with van der Waals surface area (Å²) >= 11 is 1.17. The van der Waals surface area contributed by atoms with E-state index in [1.807, 2.05) is 55.5 Å². The van der Waals surface area contributed by atoms with E-state index in [0.29, 0.717) is 39.2 Å². The van der Waals surface area contributed by atoms with Crippen LogP contribution in [0.1, 0.15) is 32.5 Å². The monoisotopic (exact) mass is 428 g/mol. The van der Waals surface area contributed by atoms with E-state index < -0.39 is 0 Å². The van der Waals surface area contributed by atoms with Crippen molar-refractivity contribution in [2.75, 3.05) is 11.9 Å². The Kier molecular flexibility index (Phi) is 6.19. The van der Waals surface area contributed by atoms with E-state index in [1.165, 1.54) is 11.3 Å². The van der Waals surface area contributed by atoms with Crippen molar-refractivity contribution in [2.45, 2.75) is 6.92 Å². The summed E-state index contributed by atoms with van der Waals surface area (Å²) in [4.78, 5) is 30.9. The number of anilines is 1. The summed E-state index contributed by atoms with van der Waals surface area (Å²) in [5.41, 5.74) is 2.43. The Hall–Kier alpha value is -3.77. The van der Waals surface area contributed by atoms with E-state index in [0.717, 1.165) is 5.56 Å². The highest BCUT2D eigenvalue weighted by Gasteiger charge is 2.22. The van der Waals surface area contributed by atoms with Crippen LogP contribution >= 0.6 is 11.3 Å². The first-order valence-corrected chi connectivity index (χ1v) is 10.7. The number of hydrogen-bond donors (Lipinski definition) is 1. The number of benzene rings is 3. The number of thiazole rings is 1. The van der Waals surface area contributed by atoms with Crippen LogP contribution < -0.4 is 10.1 Å². The van der Waals surface area contributed by atoms with Gasteiger partial charge in [0.15, 0.2) is 5.13 Å². The molecule has 5 nitrogen and oxygen atoms in total. The molecule has 1 aromatic heterocycles. The second-order valence-electron chi connectivity index (χ2n) is 6.67. The van der Waals surface area contributed by atoms with E-state index in [9.17, 15) is 9.59 Å². The van der Waals surface area contributed by atoms with Crippen LogP contribution in [0.2, 0.25) is 0 Å². The Labute approximate surface area is 184 Å². The average molecular weight is 429 g/mol. The molecule has 31 heavy (non-hydrogen) atoms. The number of amides is 1. The third-order valence-corrected chi connectivity index (χ3v) is 5.53. The molecular formula is C25H20N2O3S. The number of aromatic nitrogens is 1. The smallest absolute Gasteiger partial charge is 0.257 e. The molecule has 0 bridgehead atoms. The van der Waals surface area contributed by atoms with Crippen LogP contribution in [0.25, 0.3) is 11.3 Å². The van der Waals surface area contributed by atoms with Crippen molar-refractivity contribution in [1.82, 2.24) is 4.98 Å². The predicted octanol–water partition coefficient (Wildman–Crippen LogP) is 5.69. The maximum absolute atomic E-state index is 13.2. The second kappa shape index (κ2) is 9.36. The lowest BCUT2D eigenvalue weighted by Gasteiger charge is -2.04. The van der Waals surface area contributed by atoms with Crippen molar-refractivity contribution in [3.8, 4) is 17.0 Å². The number of ketones is 1. The molecule has 0 saturated heterocycles. The standard InChI is InChI=1S/C25H20N2O3S/c1-2-30-20-15-13-19(14-16-20)24(29)27-25-26-21(17-9-5-3-6-10-17)23(31-25)22(28)18-11-7-4-8-12-18/h3-16H,2H2,1H3,(H,26,27,29). The summed E-state index contributed by atoms with van der Waals surface area (Å²) in [6, 6.07) is 25.4. The number of ether oxygens (including phenoxy) is 1. The molecule has 4 aromatic rings. The Bertz CT molecular complexity index is 1190. The van der Waals surface area contributed by atoms with Crippen LogP contribution in [0.3, 0.4) is 0 Å². The van der Waals surface area contributed by atoms with E-state index in [1.54, 1.807) is 36.4 Å². The number of carbonyl (C=O) groups is 2. The highest BCUT2D eigenvalue weighted by atomic mass is 32.1. The maximum Gasteiger partial charge on any atom is 0.257 e. The Morgan fingerprint density at radius 2 is 1.52 bits per heavy atom. The van der Waals surface area contributed by atoms with Gasteiger partial charge in [0.25, 0.3) is 5.91 Å². The molecule has 1 heterocycles. The zero-order valence-corrected chi connectivity index (χ0v) is 17.7. The van der Waals surface area contributed by atoms with Crippen LogP contribution in [0.4, 0.5) is 5.13 Å². The van der Waals surface area contributed by atoms with Crippen molar-refractivity contribution in [1.29, 1.82) is 0 Å². The molecule has 1 amide bonds. The average Bonchev–Trinajstić information content (AvgIpc) is 3.24. The quantitative estimate of drug-likeness (QED) is 0.384. The molecule has 4 rings (SSSR count). The van der Waals surface area contributed by atoms with Gasteiger partial charge in [-0.1, -0.05) is 72.0 Å². The number of rotatable bonds is 7. The number of carbonyl (C=O) groups excluding carboxylic acids is 2. The Balaban J connectivity index is 1.65. The molecule has 0 spiro atoms. The molecule has 0 fully saturated rings. The van der Waals surface area contributed by atoms with E-state index in [2.05, 4.69) is 10.3 Å². The van der Waals surface area contributed by atoms with Crippen molar-refractivity contribution >= 4 is 28.2 Å². The fraction of sp³-hybridized carbons (Fsp3) is 0.0800. The Morgan fingerprint density at radius 1 is 0.871 bits per heavy atom. The molecule has 0 saturated carbocycles. The molecule has 0 atom stereocenters. The third kappa shape index (κ3) is 4.70. The molecule has 0 radical (unpaired) electrons. The van der Waals surface area contributed by atoms with Gasteiger partial charge in [0.1, 0.15) is 10.6 Å². The van der Waals surface area contributed by atoms with E-state index in [4.69, 9.17) is 4.74 Å². The van der Waals surface area contributed by atoms with Crippen LogP contribution in [-0.4, -0.2) is 23.3 Å². The minimum Gasteiger partial charge on any atom is -0.494 e. The first-order valence-electron chi connectivity index (χ1n) is 9.86. The van der Waals surface area contributed by atoms with E-state index >= 15 is 0 Å². The molecule has 154 valence electrons. The van der Waals surface area contributed by atoms with Gasteiger partial charge >= 0.3 is 0 Å². The molecule has 3 aromatic carbocycles. The first kappa shape index (κ1) is 20.5. The van der Waals surface area contributed by atoms with Crippen LogP contribution in [0.15, 0.2) is 84.9 Å². The number of nitrogens with one attached hydrogen (secondary N) is 1. The Morgan fingerprint density at radius 3 is 2.16 bits per heavy atom. The summed E-state index contributed by atoms with van der Waals surface area (Å²) in [5, 5.41) is 3.19. The van der Waals surface area contributed by atoms with Crippen LogP contribution in [-0.2, 0) is 0 Å². The van der Waals surface area contributed by atoms with Crippen molar-refractivity contribution in [3.63, 3.8) is 0 Å². The van der Waals surface area contributed by atoms with Gasteiger partial charge in [-0.2, -0.15) is 0 Å². The van der Waals surface area contributed by atoms with Crippen LogP contribution in [0.5, 0.6) is 5.75 Å². The third-order valence-electron chi connectivity index (χ3n) is 4.56. The van der Waals surface area contributed by atoms with Crippen molar-refractivity contribution in [3.05, 3.63) is 101 Å². The molecule has 1 N–H and O–H groups in total. The zero-order valence-electron chi connectivity index (χ0n) is 16.9. The van der Waals surface area contributed by atoms with Crippen LogP contribution in [0, 0.1) is 0 Å². The van der Waals surface area contributed by atoms with Crippen molar-refractivity contribution < 1.29 is 14.3 Å². The maximum atomic E-state index is 13.2. The summed E-state index contributed by atoms with van der Waals surface area (Å²) in [6.45, 7) is 2.47. The number of nitrogens with zero attached hydrogens (tertiary/aromatic N) is 1. The summed E-state index contributed by atoms with van der Waals surface area (Å²) in [6.07, 6.45) is 0. The van der Waals surface area contributed by atoms with E-state index in [-0.39, 0.29) is 11.7 Å². The minimum absolute atomic E-state index is 0.126. The SMILES string of the molecule is CCOc1ccc(C(=O)Nc2nc(-c3ccccc3)c(C(=O)c3ccccc3)s2)cc1. The van der Waals surface area contributed by atoms with Gasteiger partial charge in [0, 0.05) is 16.7 Å². The zero-order chi connectivity index (χ0) is 21.6. The highest BCUT2D eigenvalue weighted by Crippen LogP contribution is 2.33. The van der Waals surface area contributed by atoms with Gasteiger partial charge in [-0.05, 0) is 31.2 Å². The minimum atomic E-state index is -0.296. The summed E-state index contributed by atoms with van der Waals surface area (Å²) < 4.78 is 5.42. The first-order chi connectivity index (χ1) is 15.2. The van der Waals surface area contributed by atoms with Crippen molar-refractivity contribution in [2.24, 2.45) is 0 Å². The fourth-order valence-electron chi connectivity index (χ4n) is 3.08. The molecule has 6 heteroatoms. The molecule has 0 unspecified atom stereocenters. The number of hydrogen-bond acceptors (Lipinski definition) is 5. The van der Waals surface area contributed by atoms with Gasteiger partial charge in [0.05, 0.1) is 12.3 Å². The molecule has 0 aliphatic heterocycles. The largest absolute Gasteiger partial charge is 0.494 e. The normalized spacial score (nSPS) is 10.5. The lowest BCUT2D eigenvalue weighted by molar-refractivity contribution is 0.102. The summed E-state index contributed by atoms with van der Waals surface area (Å²) in [5.74, 6) is 0.282. The van der Waals surface area contributed by atoms with Gasteiger partial charge in [0.2, 0.25) is 5.78 Å². The second-order valence-corrected chi connectivity index (χ2v) is 7.67. The lowest BCUT2D eigenvalue weighted by atomic mass is 10.1. The summed E-state index contributed by atoms with van der Waals surface area (Å²) in [7, 11) is 0. The predicted molar refractivity (Wildman–Crippen MR) is 123 cm³/mol. The van der Waals surface area contributed by atoms with Gasteiger partial charge < -0.3 is 4.74 Å². The highest BCUT2D eigenvalue weighted by molar-refractivity contribution is 7.18. The van der Waals surface area contributed by atoms with Gasteiger partial charge in [-0.15, -0.1) is 0 Å². The lowest BCUT2D eigenvalue weighted by Crippen LogP contribution is -2.11. The van der Waals surface area contributed by atoms with Gasteiger partial charge in [-0.25, -0.2) is 4.98 Å². The molecular weight excluding hydrogens is 408 g/mol. The topological polar surface area (TPSA) is 68.3 Å². The van der Waals surface area contributed by atoms with Gasteiger partial charge in [-0.3, -0.25) is 14.9 Å². The fourth-order valence-corrected chi connectivity index (χ4v) is 4.02. The molecule has 0 aliphatic rings.